The fourth-order valence-electron chi connectivity index (χ4n) is 3.90. The van der Waals surface area contributed by atoms with E-state index in [1.807, 2.05) is 0 Å². The molecular formula is C16H32N2O. The number of ether oxygens (including phenoxy) is 1. The zero-order valence-electron chi connectivity index (χ0n) is 13.2. The third-order valence-electron chi connectivity index (χ3n) is 5.15. The lowest BCUT2D eigenvalue weighted by Gasteiger charge is -2.45. The summed E-state index contributed by atoms with van der Waals surface area (Å²) >= 11 is 0. The third-order valence-corrected chi connectivity index (χ3v) is 5.15. The first-order chi connectivity index (χ1) is 9.02. The lowest BCUT2D eigenvalue weighted by molar-refractivity contribution is -0.0445. The largest absolute Gasteiger partial charge is 0.375 e. The molecule has 19 heavy (non-hydrogen) atoms. The molecule has 2 fully saturated rings. The van der Waals surface area contributed by atoms with Crippen LogP contribution < -0.4 is 5.32 Å². The Kier molecular flexibility index (Phi) is 5.27. The number of nitrogens with zero attached hydrogens (tertiary/aromatic N) is 1. The van der Waals surface area contributed by atoms with Crippen LogP contribution in [0.25, 0.3) is 0 Å². The summed E-state index contributed by atoms with van der Waals surface area (Å²) in [6.07, 6.45) is 10.0. The summed E-state index contributed by atoms with van der Waals surface area (Å²) in [5, 5.41) is 3.85. The zero-order chi connectivity index (χ0) is 13.9. The molecule has 0 aromatic heterocycles. The Hall–Kier alpha value is -0.120. The second-order valence-corrected chi connectivity index (χ2v) is 6.99. The van der Waals surface area contributed by atoms with Gasteiger partial charge in [-0.1, -0.05) is 19.3 Å². The first-order valence-electron chi connectivity index (χ1n) is 8.08. The van der Waals surface area contributed by atoms with Gasteiger partial charge in [0, 0.05) is 18.1 Å². The Bertz CT molecular complexity index is 264. The average Bonchev–Trinajstić information content (AvgIpc) is 2.36. The molecule has 0 aromatic carbocycles. The molecule has 2 aliphatic rings. The summed E-state index contributed by atoms with van der Waals surface area (Å²) in [6.45, 7) is 5.55. The van der Waals surface area contributed by atoms with Crippen molar-refractivity contribution in [3.8, 4) is 0 Å². The van der Waals surface area contributed by atoms with Crippen LogP contribution in [0, 0.1) is 0 Å². The second-order valence-electron chi connectivity index (χ2n) is 6.99. The second kappa shape index (κ2) is 6.55. The number of rotatable bonds is 4. The smallest absolute Gasteiger partial charge is 0.0565 e. The Morgan fingerprint density at radius 3 is 2.16 bits per heavy atom. The van der Waals surface area contributed by atoms with Crippen molar-refractivity contribution in [3.63, 3.8) is 0 Å². The summed E-state index contributed by atoms with van der Waals surface area (Å²) in [7, 11) is 4.50. The molecule has 3 nitrogen and oxygen atoms in total. The summed E-state index contributed by atoms with van der Waals surface area (Å²) in [5.41, 5.74) is 0.392. The van der Waals surface area contributed by atoms with Gasteiger partial charge in [-0.25, -0.2) is 0 Å². The van der Waals surface area contributed by atoms with E-state index in [-0.39, 0.29) is 0 Å². The molecule has 1 aliphatic carbocycles. The van der Waals surface area contributed by atoms with Gasteiger partial charge in [0.25, 0.3) is 0 Å². The van der Waals surface area contributed by atoms with Gasteiger partial charge in [-0.3, -0.25) is 0 Å². The first kappa shape index (κ1) is 15.3. The van der Waals surface area contributed by atoms with Gasteiger partial charge in [0.2, 0.25) is 0 Å². The maximum atomic E-state index is 5.83. The molecule has 0 bridgehead atoms. The predicted octanol–water partition coefficient (Wildman–Crippen LogP) is 2.80. The molecule has 3 heteroatoms. The summed E-state index contributed by atoms with van der Waals surface area (Å²) in [5.74, 6) is 0. The summed E-state index contributed by atoms with van der Waals surface area (Å²) in [6, 6.07) is 0.637. The number of hydrogen-bond acceptors (Lipinski definition) is 3. The van der Waals surface area contributed by atoms with Gasteiger partial charge >= 0.3 is 0 Å². The van der Waals surface area contributed by atoms with E-state index in [1.54, 1.807) is 0 Å². The van der Waals surface area contributed by atoms with Crippen LogP contribution in [0.5, 0.6) is 0 Å². The summed E-state index contributed by atoms with van der Waals surface area (Å²) in [4.78, 5) is 2.46. The lowest BCUT2D eigenvalue weighted by Crippen LogP contribution is -2.55. The van der Waals surface area contributed by atoms with Crippen LogP contribution in [0.4, 0.5) is 0 Å². The Balaban J connectivity index is 1.88. The molecule has 2 atom stereocenters. The van der Waals surface area contributed by atoms with Crippen molar-refractivity contribution in [1.29, 1.82) is 0 Å². The molecule has 1 N–H and O–H groups in total. The normalized spacial score (nSPS) is 35.5. The van der Waals surface area contributed by atoms with E-state index in [4.69, 9.17) is 4.74 Å². The van der Waals surface area contributed by atoms with Crippen LogP contribution in [-0.4, -0.2) is 49.3 Å². The van der Waals surface area contributed by atoms with Crippen molar-refractivity contribution in [2.24, 2.45) is 0 Å². The van der Waals surface area contributed by atoms with Crippen molar-refractivity contribution < 1.29 is 4.74 Å². The quantitative estimate of drug-likeness (QED) is 0.848. The highest BCUT2D eigenvalue weighted by Gasteiger charge is 2.35. The van der Waals surface area contributed by atoms with Gasteiger partial charge in [-0.05, 0) is 53.6 Å². The molecule has 0 aromatic rings. The minimum absolute atomic E-state index is 0.392. The van der Waals surface area contributed by atoms with Gasteiger partial charge in [-0.15, -0.1) is 0 Å². The fraction of sp³-hybridized carbons (Fsp3) is 1.00. The lowest BCUT2D eigenvalue weighted by atomic mass is 9.80. The molecule has 1 saturated heterocycles. The molecule has 2 rings (SSSR count). The maximum Gasteiger partial charge on any atom is 0.0565 e. The van der Waals surface area contributed by atoms with E-state index in [1.165, 1.54) is 32.1 Å². The van der Waals surface area contributed by atoms with E-state index >= 15 is 0 Å². The van der Waals surface area contributed by atoms with Crippen LogP contribution in [0.3, 0.4) is 0 Å². The van der Waals surface area contributed by atoms with E-state index < -0.39 is 0 Å². The zero-order valence-corrected chi connectivity index (χ0v) is 13.2. The van der Waals surface area contributed by atoms with E-state index in [0.717, 1.165) is 19.4 Å². The molecule has 1 saturated carbocycles. The molecule has 0 amide bonds. The molecular weight excluding hydrogens is 236 g/mol. The molecule has 2 unspecified atom stereocenters. The van der Waals surface area contributed by atoms with Crippen LogP contribution >= 0.6 is 0 Å². The van der Waals surface area contributed by atoms with Crippen molar-refractivity contribution in [2.75, 3.05) is 20.6 Å². The van der Waals surface area contributed by atoms with Gasteiger partial charge in [0.15, 0.2) is 0 Å². The molecule has 112 valence electrons. The molecule has 0 radical (unpaired) electrons. The van der Waals surface area contributed by atoms with E-state index in [2.05, 4.69) is 38.2 Å². The number of hydrogen-bond donors (Lipinski definition) is 1. The minimum Gasteiger partial charge on any atom is -0.375 e. The first-order valence-corrected chi connectivity index (χ1v) is 8.08. The van der Waals surface area contributed by atoms with Crippen molar-refractivity contribution in [3.05, 3.63) is 0 Å². The van der Waals surface area contributed by atoms with Gasteiger partial charge in [0.05, 0.1) is 12.2 Å². The Morgan fingerprint density at radius 2 is 1.63 bits per heavy atom. The van der Waals surface area contributed by atoms with Crippen molar-refractivity contribution in [1.82, 2.24) is 10.2 Å². The molecule has 1 heterocycles. The Labute approximate surface area is 119 Å². The maximum absolute atomic E-state index is 5.83. The topological polar surface area (TPSA) is 24.5 Å². The highest BCUT2D eigenvalue weighted by molar-refractivity contribution is 4.94. The SMILES string of the molecule is CC1CC(NCC2(N(C)C)CCCCC2)CC(C)O1. The highest BCUT2D eigenvalue weighted by Crippen LogP contribution is 2.32. The van der Waals surface area contributed by atoms with Gasteiger partial charge < -0.3 is 15.0 Å². The third kappa shape index (κ3) is 3.93. The summed E-state index contributed by atoms with van der Waals surface area (Å²) < 4.78 is 5.83. The highest BCUT2D eigenvalue weighted by atomic mass is 16.5. The number of nitrogens with one attached hydrogen (secondary N) is 1. The fourth-order valence-corrected chi connectivity index (χ4v) is 3.90. The molecule has 0 spiro atoms. The molecule has 1 aliphatic heterocycles. The number of likely N-dealkylation sites (N-methyl/N-ethyl adjacent to an activating group) is 1. The minimum atomic E-state index is 0.392. The van der Waals surface area contributed by atoms with Crippen LogP contribution in [0.2, 0.25) is 0 Å². The van der Waals surface area contributed by atoms with Crippen LogP contribution in [0.15, 0.2) is 0 Å². The van der Waals surface area contributed by atoms with Crippen LogP contribution in [0.1, 0.15) is 58.8 Å². The average molecular weight is 268 g/mol. The predicted molar refractivity (Wildman–Crippen MR) is 80.5 cm³/mol. The Morgan fingerprint density at radius 1 is 1.05 bits per heavy atom. The monoisotopic (exact) mass is 268 g/mol. The van der Waals surface area contributed by atoms with Gasteiger partial charge in [0.1, 0.15) is 0 Å². The standard InChI is InChI=1S/C16H32N2O/c1-13-10-15(11-14(2)19-13)17-12-16(18(3)4)8-6-5-7-9-16/h13-15,17H,5-12H2,1-4H3. The van der Waals surface area contributed by atoms with Crippen molar-refractivity contribution in [2.45, 2.75) is 82.6 Å². The van der Waals surface area contributed by atoms with Gasteiger partial charge in [-0.2, -0.15) is 0 Å². The van der Waals surface area contributed by atoms with Crippen LogP contribution in [-0.2, 0) is 4.74 Å². The van der Waals surface area contributed by atoms with Crippen molar-refractivity contribution >= 4 is 0 Å². The van der Waals surface area contributed by atoms with E-state index in [0.29, 0.717) is 23.8 Å². The van der Waals surface area contributed by atoms with E-state index in [9.17, 15) is 0 Å².